The van der Waals surface area contributed by atoms with Crippen LogP contribution in [0.4, 0.5) is 0 Å². The Morgan fingerprint density at radius 2 is 1.70 bits per heavy atom. The predicted octanol–water partition coefficient (Wildman–Crippen LogP) is 8.07. The molecule has 1 amide bonds. The van der Waals surface area contributed by atoms with Gasteiger partial charge in [0.15, 0.2) is 5.79 Å². The first-order valence-corrected chi connectivity index (χ1v) is 19.6. The SMILES string of the molecule is CCCCCC1(CCCCC)O[C@@H]2[C@@H](C=C(C(=O)NCCO)C[C@H]2OC(=O)c2ccc(C=C3CCC4O[C@]4(C)CC[C@@H]4[C@@H]3CC4(C)C)cc2)O1. The quantitative estimate of drug-likeness (QED) is 0.115. The molecule has 0 spiro atoms. The predicted molar refractivity (Wildman–Crippen MR) is 194 cm³/mol. The summed E-state index contributed by atoms with van der Waals surface area (Å²) in [5.41, 5.74) is 3.99. The zero-order chi connectivity index (χ0) is 35.5. The summed E-state index contributed by atoms with van der Waals surface area (Å²) in [6.45, 7) is 11.5. The summed E-state index contributed by atoms with van der Waals surface area (Å²) in [4.78, 5) is 26.8. The lowest BCUT2D eigenvalue weighted by atomic mass is 9.52. The number of aliphatic hydroxyl groups is 1. The van der Waals surface area contributed by atoms with Crippen LogP contribution in [0.2, 0.25) is 0 Å². The molecule has 2 saturated carbocycles. The highest BCUT2D eigenvalue weighted by atomic mass is 16.8. The number of epoxide rings is 1. The number of amides is 1. The summed E-state index contributed by atoms with van der Waals surface area (Å²) in [7, 11) is 0. The third-order valence-corrected chi connectivity index (χ3v) is 12.3. The normalized spacial score (nSPS) is 33.0. The van der Waals surface area contributed by atoms with Gasteiger partial charge in [-0.05, 0) is 92.9 Å². The Bertz CT molecular complexity index is 1410. The van der Waals surface area contributed by atoms with Crippen molar-refractivity contribution in [2.75, 3.05) is 13.2 Å². The molecule has 5 aliphatic rings. The third-order valence-electron chi connectivity index (χ3n) is 12.3. The van der Waals surface area contributed by atoms with Crippen molar-refractivity contribution < 1.29 is 33.6 Å². The molecule has 0 aromatic heterocycles. The topological polar surface area (TPSA) is 107 Å². The van der Waals surface area contributed by atoms with E-state index < -0.39 is 30.1 Å². The molecule has 6 rings (SSSR count). The number of unbranched alkanes of at least 4 members (excludes halogenated alkanes) is 4. The second-order valence-corrected chi connectivity index (χ2v) is 16.6. The van der Waals surface area contributed by atoms with Gasteiger partial charge in [-0.15, -0.1) is 0 Å². The minimum atomic E-state index is -0.762. The first-order chi connectivity index (χ1) is 24.0. The van der Waals surface area contributed by atoms with E-state index in [0.29, 0.717) is 34.5 Å². The molecule has 2 aliphatic heterocycles. The first kappa shape index (κ1) is 37.2. The average Bonchev–Trinajstić information content (AvgIpc) is 3.57. The van der Waals surface area contributed by atoms with Crippen LogP contribution in [0.1, 0.15) is 140 Å². The Balaban J connectivity index is 1.17. The van der Waals surface area contributed by atoms with E-state index >= 15 is 0 Å². The number of carbonyl (C=O) groups excluding carboxylic acids is 2. The summed E-state index contributed by atoms with van der Waals surface area (Å²) in [5.74, 6) is -0.200. The number of fused-ring (bicyclic) bond motifs is 3. The maximum Gasteiger partial charge on any atom is 0.338 e. The number of carbonyl (C=O) groups is 2. The van der Waals surface area contributed by atoms with Crippen LogP contribution in [0, 0.1) is 17.3 Å². The van der Waals surface area contributed by atoms with Gasteiger partial charge in [0.05, 0.1) is 23.9 Å². The smallest absolute Gasteiger partial charge is 0.338 e. The van der Waals surface area contributed by atoms with E-state index in [2.05, 4.69) is 46.0 Å². The van der Waals surface area contributed by atoms with Crippen molar-refractivity contribution in [3.05, 3.63) is 52.6 Å². The molecule has 1 aromatic carbocycles. The van der Waals surface area contributed by atoms with Gasteiger partial charge in [0.1, 0.15) is 18.3 Å². The molecule has 0 bridgehead atoms. The second kappa shape index (κ2) is 15.6. The third kappa shape index (κ3) is 8.24. The Hall–Kier alpha value is -2.52. The monoisotopic (exact) mass is 691 g/mol. The standard InChI is InChI=1S/C42H61NO7/c1-6-8-10-19-42(20-11-9-7-2)48-35-26-31(38(45)43-22-23-44)25-34(37(35)50-42)47-39(46)29-14-12-28(13-15-29)24-30-16-17-36-41(5,49-36)21-18-33-32(30)27-40(33,3)4/h12-15,24,26,32-37,44H,6-11,16-23,25,27H2,1-5H3,(H,43,45)/t32-,33-,34-,35-,36?,37+,41-/m1/s1. The molecule has 50 heavy (non-hydrogen) atoms. The molecule has 1 aromatic rings. The fraction of sp³-hybridized carbons (Fsp3) is 0.714. The fourth-order valence-electron chi connectivity index (χ4n) is 9.22. The lowest BCUT2D eigenvalue weighted by Crippen LogP contribution is -2.45. The van der Waals surface area contributed by atoms with Crippen LogP contribution in [0.15, 0.2) is 41.5 Å². The maximum absolute atomic E-state index is 13.7. The number of benzene rings is 1. The van der Waals surface area contributed by atoms with Crippen LogP contribution in [-0.4, -0.2) is 65.9 Å². The van der Waals surface area contributed by atoms with Crippen LogP contribution >= 0.6 is 0 Å². The van der Waals surface area contributed by atoms with Crippen molar-refractivity contribution >= 4 is 18.0 Å². The summed E-state index contributed by atoms with van der Waals surface area (Å²) in [6, 6.07) is 7.74. The summed E-state index contributed by atoms with van der Waals surface area (Å²) in [6.07, 6.45) is 16.6. The Morgan fingerprint density at radius 1 is 0.980 bits per heavy atom. The van der Waals surface area contributed by atoms with Gasteiger partial charge in [-0.2, -0.15) is 0 Å². The van der Waals surface area contributed by atoms with Crippen molar-refractivity contribution in [1.82, 2.24) is 5.32 Å². The van der Waals surface area contributed by atoms with E-state index in [-0.39, 0.29) is 31.1 Å². The number of hydrogen-bond acceptors (Lipinski definition) is 7. The van der Waals surface area contributed by atoms with Gasteiger partial charge < -0.3 is 29.4 Å². The number of hydrogen-bond donors (Lipinski definition) is 2. The van der Waals surface area contributed by atoms with Crippen molar-refractivity contribution in [1.29, 1.82) is 0 Å². The minimum Gasteiger partial charge on any atom is -0.456 e. The first-order valence-electron chi connectivity index (χ1n) is 19.6. The minimum absolute atomic E-state index is 0.0626. The average molecular weight is 692 g/mol. The van der Waals surface area contributed by atoms with E-state index in [1.165, 1.54) is 18.4 Å². The van der Waals surface area contributed by atoms with Gasteiger partial charge in [-0.1, -0.05) is 77.2 Å². The summed E-state index contributed by atoms with van der Waals surface area (Å²) >= 11 is 0. The van der Waals surface area contributed by atoms with E-state index in [9.17, 15) is 14.7 Å². The maximum atomic E-state index is 13.7. The summed E-state index contributed by atoms with van der Waals surface area (Å²) in [5, 5.41) is 12.1. The van der Waals surface area contributed by atoms with Crippen LogP contribution in [-0.2, 0) is 23.7 Å². The molecular weight excluding hydrogens is 630 g/mol. The Morgan fingerprint density at radius 3 is 2.36 bits per heavy atom. The Labute approximate surface area is 299 Å². The van der Waals surface area contributed by atoms with Gasteiger partial charge in [0, 0.05) is 31.4 Å². The Kier molecular flexibility index (Phi) is 11.6. The van der Waals surface area contributed by atoms with Crippen LogP contribution in [0.5, 0.6) is 0 Å². The largest absolute Gasteiger partial charge is 0.456 e. The van der Waals surface area contributed by atoms with E-state index in [1.807, 2.05) is 30.3 Å². The molecule has 2 saturated heterocycles. The highest BCUT2D eigenvalue weighted by Crippen LogP contribution is 2.59. The zero-order valence-electron chi connectivity index (χ0n) is 31.1. The molecule has 8 heteroatoms. The molecule has 2 N–H and O–H groups in total. The van der Waals surface area contributed by atoms with Gasteiger partial charge in [-0.3, -0.25) is 4.79 Å². The highest BCUT2D eigenvalue weighted by Gasteiger charge is 2.56. The lowest BCUT2D eigenvalue weighted by molar-refractivity contribution is -0.190. The fourth-order valence-corrected chi connectivity index (χ4v) is 9.22. The van der Waals surface area contributed by atoms with Crippen molar-refractivity contribution in [3.63, 3.8) is 0 Å². The number of esters is 1. The molecular formula is C42H61NO7. The molecule has 276 valence electrons. The second-order valence-electron chi connectivity index (χ2n) is 16.6. The molecule has 3 aliphatic carbocycles. The molecule has 8 nitrogen and oxygen atoms in total. The van der Waals surface area contributed by atoms with Gasteiger partial charge in [0.25, 0.3) is 0 Å². The number of aliphatic hydroxyl groups excluding tert-OH is 1. The number of rotatable bonds is 14. The highest BCUT2D eigenvalue weighted by molar-refractivity contribution is 5.94. The van der Waals surface area contributed by atoms with Gasteiger partial charge in [-0.25, -0.2) is 4.79 Å². The number of ether oxygens (including phenoxy) is 4. The van der Waals surface area contributed by atoms with Gasteiger partial charge >= 0.3 is 5.97 Å². The van der Waals surface area contributed by atoms with E-state index in [1.54, 1.807) is 0 Å². The van der Waals surface area contributed by atoms with Crippen molar-refractivity contribution in [2.24, 2.45) is 17.3 Å². The van der Waals surface area contributed by atoms with Crippen LogP contribution in [0.25, 0.3) is 6.08 Å². The zero-order valence-corrected chi connectivity index (χ0v) is 31.1. The molecule has 0 radical (unpaired) electrons. The van der Waals surface area contributed by atoms with Crippen molar-refractivity contribution in [2.45, 2.75) is 160 Å². The number of nitrogens with one attached hydrogen (secondary N) is 1. The molecule has 1 unspecified atom stereocenters. The molecule has 7 atom stereocenters. The molecule has 4 fully saturated rings. The number of allylic oxidation sites excluding steroid dienone is 1. The van der Waals surface area contributed by atoms with Crippen molar-refractivity contribution in [3.8, 4) is 0 Å². The van der Waals surface area contributed by atoms with E-state index in [0.717, 1.165) is 76.2 Å². The van der Waals surface area contributed by atoms with Crippen LogP contribution < -0.4 is 5.32 Å². The lowest BCUT2D eigenvalue weighted by Gasteiger charge is -2.53. The van der Waals surface area contributed by atoms with Gasteiger partial charge in [0.2, 0.25) is 5.91 Å². The molecule has 2 heterocycles. The van der Waals surface area contributed by atoms with Crippen LogP contribution in [0.3, 0.4) is 0 Å². The summed E-state index contributed by atoms with van der Waals surface area (Å²) < 4.78 is 25.8. The van der Waals surface area contributed by atoms with E-state index in [4.69, 9.17) is 18.9 Å².